The average molecular weight is 158 g/mol. The Labute approximate surface area is 64.1 Å². The minimum Gasteiger partial charge on any atom is -0.389 e. The molecule has 0 aromatic carbocycles. The van der Waals surface area contributed by atoms with E-state index in [2.05, 4.69) is 0 Å². The molecule has 0 unspecified atom stereocenters. The van der Waals surface area contributed by atoms with Crippen LogP contribution in [-0.4, -0.2) is 17.5 Å². The minimum absolute atomic E-state index is 0.190. The molecular weight excluding hydrogens is 148 g/mol. The van der Waals surface area contributed by atoms with Crippen molar-refractivity contribution in [1.29, 1.82) is 0 Å². The molecule has 10 heavy (non-hydrogen) atoms. The number of aliphatic hydroxyl groups excluding tert-OH is 1. The van der Waals surface area contributed by atoms with Gasteiger partial charge in [-0.1, -0.05) is 12.1 Å². The Morgan fingerprint density at radius 3 is 2.00 bits per heavy atom. The highest BCUT2D eigenvalue weighted by Gasteiger charge is 1.78. The van der Waals surface area contributed by atoms with Crippen molar-refractivity contribution < 1.29 is 9.90 Å². The molecule has 0 fully saturated rings. The lowest BCUT2D eigenvalue weighted by molar-refractivity contribution is -0.119. The van der Waals surface area contributed by atoms with Gasteiger partial charge in [0, 0.05) is 0 Å². The van der Waals surface area contributed by atoms with Gasteiger partial charge in [0.05, 0.1) is 0 Å². The Hall–Kier alpha value is -0.670. The monoisotopic (exact) mass is 158 g/mol. The third-order valence-electron chi connectivity index (χ3n) is 0.648. The second kappa shape index (κ2) is 6.45. The molecular formula is C7H10O2S. The number of hydrogen-bond donors (Lipinski definition) is 1. The second-order valence-corrected chi connectivity index (χ2v) is 2.47. The molecule has 56 valence electrons. The van der Waals surface area contributed by atoms with Crippen LogP contribution in [0.2, 0.25) is 0 Å². The lowest BCUT2D eigenvalue weighted by Crippen LogP contribution is -1.93. The van der Waals surface area contributed by atoms with Crippen molar-refractivity contribution in [3.63, 3.8) is 0 Å². The van der Waals surface area contributed by atoms with Gasteiger partial charge in [-0.3, -0.25) is 4.79 Å². The highest BCUT2D eigenvalue weighted by Crippen LogP contribution is 1.91. The minimum atomic E-state index is -0.333. The van der Waals surface area contributed by atoms with E-state index in [1.165, 1.54) is 6.92 Å². The Kier molecular flexibility index (Phi) is 6.02. The van der Waals surface area contributed by atoms with Gasteiger partial charge in [0.1, 0.15) is 6.61 Å². The molecule has 0 saturated heterocycles. The van der Waals surface area contributed by atoms with Gasteiger partial charge < -0.3 is 5.11 Å². The number of Topliss-reactive ketones (excluding diaryl/α,β-unsaturated/α-hetero) is 1. The fourth-order valence-electron chi connectivity index (χ4n) is 0.227. The Morgan fingerprint density at radius 1 is 1.50 bits per heavy atom. The van der Waals surface area contributed by atoms with Crippen LogP contribution in [0.4, 0.5) is 0 Å². The van der Waals surface area contributed by atoms with Crippen molar-refractivity contribution >= 4 is 17.1 Å². The van der Waals surface area contributed by atoms with Gasteiger partial charge in [-0.2, -0.15) is 11.3 Å². The maximum absolute atomic E-state index is 9.56. The van der Waals surface area contributed by atoms with Crippen LogP contribution in [0.5, 0.6) is 0 Å². The SMILES string of the molecule is CC(=O)CO.c1ccsc1. The Balaban J connectivity index is 0.000000162. The number of thiophene rings is 1. The van der Waals surface area contributed by atoms with E-state index in [9.17, 15) is 4.79 Å². The average Bonchev–Trinajstić information content (AvgIpc) is 2.43. The Bertz CT molecular complexity index is 141. The van der Waals surface area contributed by atoms with Crippen LogP contribution >= 0.6 is 11.3 Å². The predicted molar refractivity (Wildman–Crippen MR) is 42.1 cm³/mol. The number of hydrogen-bond acceptors (Lipinski definition) is 3. The molecule has 0 aliphatic rings. The molecule has 2 nitrogen and oxygen atoms in total. The van der Waals surface area contributed by atoms with Crippen molar-refractivity contribution in [2.24, 2.45) is 0 Å². The van der Waals surface area contributed by atoms with Crippen molar-refractivity contribution in [1.82, 2.24) is 0 Å². The van der Waals surface area contributed by atoms with Crippen molar-refractivity contribution in [3.05, 3.63) is 22.9 Å². The van der Waals surface area contributed by atoms with Crippen LogP contribution in [0, 0.1) is 0 Å². The van der Waals surface area contributed by atoms with Gasteiger partial charge in [0.15, 0.2) is 5.78 Å². The third kappa shape index (κ3) is 7.33. The fourth-order valence-corrected chi connectivity index (χ4v) is 0.680. The maximum Gasteiger partial charge on any atom is 0.155 e. The predicted octanol–water partition coefficient (Wildman–Crippen LogP) is 1.32. The van der Waals surface area contributed by atoms with E-state index in [0.29, 0.717) is 0 Å². The first-order valence-electron chi connectivity index (χ1n) is 2.85. The maximum atomic E-state index is 9.56. The summed E-state index contributed by atoms with van der Waals surface area (Å²) in [6.45, 7) is 1.000. The molecule has 0 radical (unpaired) electrons. The molecule has 1 aromatic heterocycles. The number of rotatable bonds is 1. The largest absolute Gasteiger partial charge is 0.389 e. The highest BCUT2D eigenvalue weighted by atomic mass is 32.1. The first-order chi connectivity index (χ1) is 4.77. The van der Waals surface area contributed by atoms with Crippen LogP contribution in [0.1, 0.15) is 6.92 Å². The quantitative estimate of drug-likeness (QED) is 0.669. The van der Waals surface area contributed by atoms with Gasteiger partial charge in [-0.05, 0) is 17.7 Å². The summed E-state index contributed by atoms with van der Waals surface area (Å²) >= 11 is 1.71. The summed E-state index contributed by atoms with van der Waals surface area (Å²) in [4.78, 5) is 9.56. The first kappa shape index (κ1) is 9.33. The lowest BCUT2D eigenvalue weighted by Gasteiger charge is -1.72. The zero-order valence-electron chi connectivity index (χ0n) is 5.78. The molecule has 0 aliphatic heterocycles. The summed E-state index contributed by atoms with van der Waals surface area (Å²) in [5, 5.41) is 11.9. The zero-order chi connectivity index (χ0) is 7.82. The van der Waals surface area contributed by atoms with Crippen LogP contribution in [-0.2, 0) is 4.79 Å². The summed E-state index contributed by atoms with van der Waals surface area (Å²) in [5.74, 6) is -0.190. The van der Waals surface area contributed by atoms with Crippen LogP contribution in [0.25, 0.3) is 0 Å². The van der Waals surface area contributed by atoms with Gasteiger partial charge >= 0.3 is 0 Å². The van der Waals surface area contributed by atoms with E-state index < -0.39 is 0 Å². The fraction of sp³-hybridized carbons (Fsp3) is 0.286. The normalized spacial score (nSPS) is 7.80. The number of carbonyl (C=O) groups excluding carboxylic acids is 1. The highest BCUT2D eigenvalue weighted by molar-refractivity contribution is 7.07. The molecule has 0 spiro atoms. The number of aliphatic hydroxyl groups is 1. The summed E-state index contributed by atoms with van der Waals surface area (Å²) in [6, 6.07) is 4.04. The van der Waals surface area contributed by atoms with Crippen molar-refractivity contribution in [2.45, 2.75) is 6.92 Å². The molecule has 3 heteroatoms. The topological polar surface area (TPSA) is 37.3 Å². The van der Waals surface area contributed by atoms with E-state index in [1.807, 2.05) is 22.9 Å². The smallest absolute Gasteiger partial charge is 0.155 e. The van der Waals surface area contributed by atoms with Gasteiger partial charge in [0.25, 0.3) is 0 Å². The van der Waals surface area contributed by atoms with Crippen molar-refractivity contribution in [3.8, 4) is 0 Å². The molecule has 0 atom stereocenters. The lowest BCUT2D eigenvalue weighted by atomic mass is 10.5. The van der Waals surface area contributed by atoms with Gasteiger partial charge in [-0.15, -0.1) is 0 Å². The third-order valence-corrected chi connectivity index (χ3v) is 1.28. The second-order valence-electron chi connectivity index (χ2n) is 1.65. The van der Waals surface area contributed by atoms with Crippen molar-refractivity contribution in [2.75, 3.05) is 6.61 Å². The summed E-state index contributed by atoms with van der Waals surface area (Å²) in [5.41, 5.74) is 0. The zero-order valence-corrected chi connectivity index (χ0v) is 6.60. The summed E-state index contributed by atoms with van der Waals surface area (Å²) in [6.07, 6.45) is 0. The van der Waals surface area contributed by atoms with Gasteiger partial charge in [0.2, 0.25) is 0 Å². The van der Waals surface area contributed by atoms with Crippen LogP contribution in [0.3, 0.4) is 0 Å². The Morgan fingerprint density at radius 2 is 1.90 bits per heavy atom. The molecule has 0 aliphatic carbocycles. The van der Waals surface area contributed by atoms with E-state index in [-0.39, 0.29) is 12.4 Å². The molecule has 1 heterocycles. The van der Waals surface area contributed by atoms with Gasteiger partial charge in [-0.25, -0.2) is 0 Å². The molecule has 1 N–H and O–H groups in total. The van der Waals surface area contributed by atoms with E-state index in [4.69, 9.17) is 5.11 Å². The van der Waals surface area contributed by atoms with Crippen LogP contribution in [0.15, 0.2) is 22.9 Å². The van der Waals surface area contributed by atoms with Crippen LogP contribution < -0.4 is 0 Å². The first-order valence-corrected chi connectivity index (χ1v) is 3.79. The molecule has 0 amide bonds. The summed E-state index contributed by atoms with van der Waals surface area (Å²) < 4.78 is 0. The van der Waals surface area contributed by atoms with E-state index in [0.717, 1.165) is 0 Å². The summed E-state index contributed by atoms with van der Waals surface area (Å²) in [7, 11) is 0. The molecule has 0 bridgehead atoms. The van der Waals surface area contributed by atoms with E-state index in [1.54, 1.807) is 11.3 Å². The molecule has 1 rings (SSSR count). The van der Waals surface area contributed by atoms with E-state index >= 15 is 0 Å². The number of ketones is 1. The molecule has 0 saturated carbocycles. The molecule has 1 aromatic rings. The standard InChI is InChI=1S/C4H4S.C3H6O2/c1-2-4-5-3-1;1-3(5)2-4/h1-4H;4H,2H2,1H3. The number of carbonyl (C=O) groups is 1.